The van der Waals surface area contributed by atoms with Gasteiger partial charge in [-0.15, -0.1) is 0 Å². The van der Waals surface area contributed by atoms with Crippen molar-refractivity contribution in [3.05, 3.63) is 64.8 Å². The molecule has 4 aliphatic rings. The SMILES string of the molecule is CCC(C)(C)C1C(CC2CC(C(O)=C3CCC3)C2)C2=CCC(C=N)C=C2N1c1ccc(F)cc1. The maximum absolute atomic E-state index is 13.8. The summed E-state index contributed by atoms with van der Waals surface area (Å²) in [4.78, 5) is 2.46. The standard InChI is InChI=1S/C30H39FN2O/c1-4-30(2,3)29-26(16-20-14-22(15-20)28(34)21-6-5-7-21)25-13-8-19(18-32)17-27(25)33(29)24-11-9-23(31)10-12-24/h9-13,17-20,22,26,29,32,34H,4-8,14-16H2,1-3H3. The van der Waals surface area contributed by atoms with Crippen LogP contribution in [0.4, 0.5) is 10.1 Å². The molecule has 1 heterocycles. The molecule has 0 amide bonds. The van der Waals surface area contributed by atoms with Crippen LogP contribution in [0.15, 0.2) is 59.0 Å². The third-order valence-electron chi connectivity index (χ3n) is 9.16. The minimum atomic E-state index is -0.211. The van der Waals surface area contributed by atoms with E-state index in [0.717, 1.165) is 50.6 Å². The van der Waals surface area contributed by atoms with Gasteiger partial charge in [-0.25, -0.2) is 4.39 Å². The lowest BCUT2D eigenvalue weighted by atomic mass is 9.64. The second-order valence-electron chi connectivity index (χ2n) is 11.6. The Morgan fingerprint density at radius 2 is 1.91 bits per heavy atom. The predicted octanol–water partition coefficient (Wildman–Crippen LogP) is 7.96. The van der Waals surface area contributed by atoms with Crippen molar-refractivity contribution in [1.29, 1.82) is 5.41 Å². The van der Waals surface area contributed by atoms with Crippen LogP contribution in [0, 0.1) is 40.3 Å². The topological polar surface area (TPSA) is 47.3 Å². The second-order valence-corrected chi connectivity index (χ2v) is 11.6. The number of allylic oxidation sites excluding steroid dienone is 5. The number of aliphatic hydroxyl groups is 1. The summed E-state index contributed by atoms with van der Waals surface area (Å²) in [5.41, 5.74) is 5.04. The molecule has 2 N–H and O–H groups in total. The van der Waals surface area contributed by atoms with Gasteiger partial charge in [0.1, 0.15) is 5.82 Å². The summed E-state index contributed by atoms with van der Waals surface area (Å²) >= 11 is 0. The van der Waals surface area contributed by atoms with E-state index in [0.29, 0.717) is 23.5 Å². The first kappa shape index (κ1) is 23.4. The Hall–Kier alpha value is -2.36. The van der Waals surface area contributed by atoms with Crippen molar-refractivity contribution >= 4 is 11.9 Å². The van der Waals surface area contributed by atoms with Gasteiger partial charge < -0.3 is 15.4 Å². The van der Waals surface area contributed by atoms with Gasteiger partial charge in [-0.1, -0.05) is 32.9 Å². The monoisotopic (exact) mass is 462 g/mol. The summed E-state index contributed by atoms with van der Waals surface area (Å²) in [7, 11) is 0. The molecule has 1 aromatic carbocycles. The average Bonchev–Trinajstić information content (AvgIpc) is 3.09. The number of nitrogens with one attached hydrogen (secondary N) is 1. The molecule has 0 aromatic heterocycles. The van der Waals surface area contributed by atoms with Crippen LogP contribution in [0.25, 0.3) is 0 Å². The van der Waals surface area contributed by atoms with Gasteiger partial charge in [0.25, 0.3) is 0 Å². The van der Waals surface area contributed by atoms with Gasteiger partial charge in [0, 0.05) is 41.4 Å². The molecule has 4 heteroatoms. The molecular weight excluding hydrogens is 423 g/mol. The molecule has 34 heavy (non-hydrogen) atoms. The number of aliphatic hydroxyl groups excluding tert-OH is 1. The number of benzene rings is 1. The van der Waals surface area contributed by atoms with Crippen molar-refractivity contribution in [3.8, 4) is 0 Å². The van der Waals surface area contributed by atoms with Gasteiger partial charge in [0.2, 0.25) is 0 Å². The molecular formula is C30H39FN2O. The number of halogens is 1. The first-order valence-electron chi connectivity index (χ1n) is 13.2. The summed E-state index contributed by atoms with van der Waals surface area (Å²) in [5.74, 6) is 2.01. The van der Waals surface area contributed by atoms with Crippen LogP contribution in [-0.2, 0) is 0 Å². The second kappa shape index (κ2) is 9.02. The Bertz CT molecular complexity index is 1020. The van der Waals surface area contributed by atoms with Crippen molar-refractivity contribution in [3.63, 3.8) is 0 Å². The lowest BCUT2D eigenvalue weighted by Crippen LogP contribution is -2.45. The molecule has 3 aliphatic carbocycles. The molecule has 1 saturated heterocycles. The van der Waals surface area contributed by atoms with Gasteiger partial charge in [-0.3, -0.25) is 0 Å². The van der Waals surface area contributed by atoms with Crippen LogP contribution in [-0.4, -0.2) is 17.4 Å². The normalized spacial score (nSPS) is 30.6. The smallest absolute Gasteiger partial charge is 0.123 e. The first-order valence-corrected chi connectivity index (χ1v) is 13.2. The Balaban J connectivity index is 1.47. The fraction of sp³-hybridized carbons (Fsp3) is 0.567. The van der Waals surface area contributed by atoms with E-state index < -0.39 is 0 Å². The maximum Gasteiger partial charge on any atom is 0.123 e. The molecule has 3 atom stereocenters. The van der Waals surface area contributed by atoms with Gasteiger partial charge in [0.05, 0.1) is 5.76 Å². The Morgan fingerprint density at radius 3 is 2.50 bits per heavy atom. The number of rotatable bonds is 7. The summed E-state index contributed by atoms with van der Waals surface area (Å²) in [6.45, 7) is 7.00. The molecule has 3 unspecified atom stereocenters. The number of nitrogens with zero attached hydrogens (tertiary/aromatic N) is 1. The summed E-state index contributed by atoms with van der Waals surface area (Å²) in [6.07, 6.45) is 14.8. The van der Waals surface area contributed by atoms with Crippen molar-refractivity contribution in [2.45, 2.75) is 78.2 Å². The third kappa shape index (κ3) is 4.03. The molecule has 3 nitrogen and oxygen atoms in total. The van der Waals surface area contributed by atoms with E-state index in [2.05, 4.69) is 37.8 Å². The van der Waals surface area contributed by atoms with Crippen molar-refractivity contribution in [1.82, 2.24) is 0 Å². The number of fused-ring (bicyclic) bond motifs is 1. The molecule has 0 spiro atoms. The van der Waals surface area contributed by atoms with E-state index in [-0.39, 0.29) is 23.2 Å². The fourth-order valence-corrected chi connectivity index (χ4v) is 6.58. The van der Waals surface area contributed by atoms with Crippen molar-refractivity contribution in [2.75, 3.05) is 4.90 Å². The van der Waals surface area contributed by atoms with Crippen LogP contribution in [0.2, 0.25) is 0 Å². The molecule has 3 fully saturated rings. The number of anilines is 1. The van der Waals surface area contributed by atoms with Crippen LogP contribution >= 0.6 is 0 Å². The Morgan fingerprint density at radius 1 is 1.21 bits per heavy atom. The van der Waals surface area contributed by atoms with Crippen LogP contribution in [0.1, 0.15) is 72.1 Å². The summed E-state index contributed by atoms with van der Waals surface area (Å²) < 4.78 is 13.8. The van der Waals surface area contributed by atoms with Crippen molar-refractivity contribution in [2.24, 2.45) is 29.1 Å². The minimum Gasteiger partial charge on any atom is -0.512 e. The van der Waals surface area contributed by atoms with Crippen molar-refractivity contribution < 1.29 is 9.50 Å². The zero-order chi connectivity index (χ0) is 24.0. The average molecular weight is 463 g/mol. The van der Waals surface area contributed by atoms with E-state index >= 15 is 0 Å². The van der Waals surface area contributed by atoms with Crippen LogP contribution in [0.3, 0.4) is 0 Å². The maximum atomic E-state index is 13.8. The zero-order valence-electron chi connectivity index (χ0n) is 20.9. The van der Waals surface area contributed by atoms with Gasteiger partial charge in [-0.2, -0.15) is 0 Å². The molecule has 182 valence electrons. The number of hydrogen-bond acceptors (Lipinski definition) is 3. The lowest BCUT2D eigenvalue weighted by Gasteiger charge is -2.44. The quantitative estimate of drug-likeness (QED) is 0.319. The van der Waals surface area contributed by atoms with E-state index in [1.54, 1.807) is 18.3 Å². The largest absolute Gasteiger partial charge is 0.512 e. The third-order valence-corrected chi connectivity index (χ3v) is 9.16. The molecule has 2 saturated carbocycles. The van der Waals surface area contributed by atoms with E-state index in [9.17, 15) is 9.50 Å². The van der Waals surface area contributed by atoms with E-state index in [1.165, 1.54) is 23.3 Å². The van der Waals surface area contributed by atoms with Crippen LogP contribution < -0.4 is 4.90 Å². The highest BCUT2D eigenvalue weighted by molar-refractivity contribution is 5.69. The van der Waals surface area contributed by atoms with Crippen LogP contribution in [0.5, 0.6) is 0 Å². The minimum absolute atomic E-state index is 0.0669. The van der Waals surface area contributed by atoms with E-state index in [1.807, 2.05) is 12.1 Å². The zero-order valence-corrected chi connectivity index (χ0v) is 20.9. The molecule has 0 bridgehead atoms. The molecule has 0 radical (unpaired) electrons. The first-order chi connectivity index (χ1) is 16.3. The fourth-order valence-electron chi connectivity index (χ4n) is 6.58. The van der Waals surface area contributed by atoms with E-state index in [4.69, 9.17) is 5.41 Å². The van der Waals surface area contributed by atoms with Gasteiger partial charge >= 0.3 is 0 Å². The summed E-state index contributed by atoms with van der Waals surface area (Å²) in [6, 6.07) is 7.22. The lowest BCUT2D eigenvalue weighted by molar-refractivity contribution is 0.125. The number of hydrogen-bond donors (Lipinski definition) is 2. The molecule has 5 rings (SSSR count). The predicted molar refractivity (Wildman–Crippen MR) is 138 cm³/mol. The highest BCUT2D eigenvalue weighted by Gasteiger charge is 2.50. The van der Waals surface area contributed by atoms with Gasteiger partial charge in [0.15, 0.2) is 0 Å². The highest BCUT2D eigenvalue weighted by Crippen LogP contribution is 2.55. The molecule has 1 aliphatic heterocycles. The molecule has 1 aromatic rings. The Labute approximate surface area is 204 Å². The highest BCUT2D eigenvalue weighted by atomic mass is 19.1. The van der Waals surface area contributed by atoms with Gasteiger partial charge in [-0.05, 0) is 98.1 Å². The Kier molecular flexibility index (Phi) is 6.20. The summed E-state index contributed by atoms with van der Waals surface area (Å²) in [5, 5.41) is 18.5.